The molecule has 1 aromatic carbocycles. The van der Waals surface area contributed by atoms with E-state index in [1.807, 2.05) is 0 Å². The Morgan fingerprint density at radius 2 is 1.93 bits per heavy atom. The zero-order valence-electron chi connectivity index (χ0n) is 15.9. The van der Waals surface area contributed by atoms with Gasteiger partial charge in [0.15, 0.2) is 0 Å². The summed E-state index contributed by atoms with van der Waals surface area (Å²) in [5.74, 6) is 3.98. The third-order valence-electron chi connectivity index (χ3n) is 5.75. The number of H-pyrrole nitrogens is 1. The van der Waals surface area contributed by atoms with Crippen LogP contribution in [-0.4, -0.2) is 33.0 Å². The van der Waals surface area contributed by atoms with Crippen LogP contribution in [0.1, 0.15) is 60.4 Å². The highest BCUT2D eigenvalue weighted by atomic mass is 15.2. The number of hydrogen-bond donors (Lipinski definition) is 2. The van der Waals surface area contributed by atoms with E-state index in [0.717, 1.165) is 47.0 Å². The van der Waals surface area contributed by atoms with Crippen molar-refractivity contribution in [2.75, 3.05) is 11.9 Å². The summed E-state index contributed by atoms with van der Waals surface area (Å²) in [6.45, 7) is 2.79. The van der Waals surface area contributed by atoms with Crippen molar-refractivity contribution in [3.05, 3.63) is 47.2 Å². The number of aromatic nitrogens is 4. The molecule has 2 saturated carbocycles. The van der Waals surface area contributed by atoms with Crippen LogP contribution in [0.25, 0.3) is 11.0 Å². The van der Waals surface area contributed by atoms with Gasteiger partial charge in [-0.2, -0.15) is 0 Å². The number of nitrogens with one attached hydrogen (secondary N) is 1. The summed E-state index contributed by atoms with van der Waals surface area (Å²) in [5.41, 5.74) is 10.5. The number of benzene rings is 1. The highest BCUT2D eigenvalue weighted by Crippen LogP contribution is 2.41. The summed E-state index contributed by atoms with van der Waals surface area (Å²) >= 11 is 0. The predicted molar refractivity (Wildman–Crippen MR) is 107 cm³/mol. The first-order valence-electron chi connectivity index (χ1n) is 9.86. The number of fused-ring (bicyclic) bond motifs is 1. The minimum atomic E-state index is 0.328. The Kier molecular flexibility index (Phi) is 3.90. The summed E-state index contributed by atoms with van der Waals surface area (Å²) in [5, 5.41) is 0. The molecule has 6 heteroatoms. The molecule has 0 amide bonds. The smallest absolute Gasteiger partial charge is 0.134 e. The second kappa shape index (κ2) is 6.30. The molecule has 3 N–H and O–H groups in total. The first kappa shape index (κ1) is 16.7. The first-order valence-corrected chi connectivity index (χ1v) is 9.86. The molecule has 3 aromatic rings. The molecule has 5 rings (SSSR count). The van der Waals surface area contributed by atoms with E-state index in [0.29, 0.717) is 24.4 Å². The van der Waals surface area contributed by atoms with Gasteiger partial charge in [-0.05, 0) is 50.3 Å². The van der Waals surface area contributed by atoms with Crippen molar-refractivity contribution in [2.24, 2.45) is 5.73 Å². The monoisotopic (exact) mass is 362 g/mol. The van der Waals surface area contributed by atoms with Crippen LogP contribution in [-0.2, 0) is 6.54 Å². The summed E-state index contributed by atoms with van der Waals surface area (Å²) in [6.07, 6.45) is 4.49. The molecule has 2 fully saturated rings. The maximum atomic E-state index is 6.00. The lowest BCUT2D eigenvalue weighted by molar-refractivity contribution is 0.344. The fraction of sp³-hybridized carbons (Fsp3) is 0.476. The van der Waals surface area contributed by atoms with Crippen LogP contribution in [0.3, 0.4) is 0 Å². The molecule has 6 nitrogen and oxygen atoms in total. The molecule has 0 radical (unpaired) electrons. The van der Waals surface area contributed by atoms with E-state index in [1.54, 1.807) is 0 Å². The standard InChI is InChI=1S/C21H26N6/c1-12-3-6-16-18(7-12)24-19(23-16)11-27(2)20-10-17(14-8-15(22)9-14)25-21(26-20)13-4-5-13/h3,6-7,10,13-15H,4-5,8-9,11,22H2,1-2H3,(H,23,24). The Morgan fingerprint density at radius 3 is 2.67 bits per heavy atom. The predicted octanol–water partition coefficient (Wildman–Crippen LogP) is 3.38. The van der Waals surface area contributed by atoms with Crippen molar-refractivity contribution in [2.45, 2.75) is 57.0 Å². The molecule has 2 aliphatic rings. The average molecular weight is 362 g/mol. The normalized spacial score (nSPS) is 22.0. The van der Waals surface area contributed by atoms with Gasteiger partial charge in [0.1, 0.15) is 17.5 Å². The molecule has 0 unspecified atom stereocenters. The highest BCUT2D eigenvalue weighted by Gasteiger charge is 2.32. The van der Waals surface area contributed by atoms with Crippen molar-refractivity contribution < 1.29 is 0 Å². The maximum absolute atomic E-state index is 6.00. The van der Waals surface area contributed by atoms with Crippen molar-refractivity contribution in [3.63, 3.8) is 0 Å². The molecule has 2 heterocycles. The molecule has 0 spiro atoms. The number of nitrogens with two attached hydrogens (primary N) is 1. The zero-order chi connectivity index (χ0) is 18.5. The van der Waals surface area contributed by atoms with Gasteiger partial charge in [0, 0.05) is 36.7 Å². The van der Waals surface area contributed by atoms with Gasteiger partial charge in [0.25, 0.3) is 0 Å². The first-order chi connectivity index (χ1) is 13.0. The summed E-state index contributed by atoms with van der Waals surface area (Å²) in [6, 6.07) is 8.78. The fourth-order valence-electron chi connectivity index (χ4n) is 3.86. The molecule has 140 valence electrons. The largest absolute Gasteiger partial charge is 0.352 e. The van der Waals surface area contributed by atoms with Crippen LogP contribution >= 0.6 is 0 Å². The van der Waals surface area contributed by atoms with Crippen molar-refractivity contribution in [3.8, 4) is 0 Å². The Bertz CT molecular complexity index is 984. The van der Waals surface area contributed by atoms with Crippen LogP contribution in [0.5, 0.6) is 0 Å². The Balaban J connectivity index is 1.41. The number of anilines is 1. The molecule has 0 atom stereocenters. The second-order valence-corrected chi connectivity index (χ2v) is 8.27. The van der Waals surface area contributed by atoms with E-state index in [9.17, 15) is 0 Å². The molecule has 2 aromatic heterocycles. The molecular weight excluding hydrogens is 336 g/mol. The van der Waals surface area contributed by atoms with Gasteiger partial charge >= 0.3 is 0 Å². The molecule has 0 bridgehead atoms. The summed E-state index contributed by atoms with van der Waals surface area (Å²) in [7, 11) is 2.08. The third-order valence-corrected chi connectivity index (χ3v) is 5.75. The highest BCUT2D eigenvalue weighted by molar-refractivity contribution is 5.75. The third kappa shape index (κ3) is 3.30. The van der Waals surface area contributed by atoms with Crippen LogP contribution in [0.15, 0.2) is 24.3 Å². The molecule has 27 heavy (non-hydrogen) atoms. The van der Waals surface area contributed by atoms with E-state index < -0.39 is 0 Å². The minimum absolute atomic E-state index is 0.328. The average Bonchev–Trinajstić information content (AvgIpc) is 3.40. The second-order valence-electron chi connectivity index (χ2n) is 8.27. The van der Waals surface area contributed by atoms with Crippen LogP contribution < -0.4 is 10.6 Å². The van der Waals surface area contributed by atoms with E-state index in [2.05, 4.69) is 48.1 Å². The quantitative estimate of drug-likeness (QED) is 0.727. The van der Waals surface area contributed by atoms with E-state index >= 15 is 0 Å². The van der Waals surface area contributed by atoms with Gasteiger partial charge in [0.05, 0.1) is 17.6 Å². The van der Waals surface area contributed by atoms with Crippen molar-refractivity contribution >= 4 is 16.9 Å². The van der Waals surface area contributed by atoms with Crippen LogP contribution in [0.4, 0.5) is 5.82 Å². The van der Waals surface area contributed by atoms with Gasteiger partial charge < -0.3 is 15.6 Å². The zero-order valence-corrected chi connectivity index (χ0v) is 15.9. The topological polar surface area (TPSA) is 83.7 Å². The lowest BCUT2D eigenvalue weighted by atomic mass is 9.78. The van der Waals surface area contributed by atoms with Gasteiger partial charge in [-0.15, -0.1) is 0 Å². The summed E-state index contributed by atoms with van der Waals surface area (Å²) in [4.78, 5) is 20.1. The lowest BCUT2D eigenvalue weighted by Crippen LogP contribution is -2.35. The van der Waals surface area contributed by atoms with Gasteiger partial charge in [-0.25, -0.2) is 15.0 Å². The maximum Gasteiger partial charge on any atom is 0.134 e. The molecule has 0 saturated heterocycles. The number of hydrogen-bond acceptors (Lipinski definition) is 5. The van der Waals surface area contributed by atoms with E-state index in [-0.39, 0.29) is 0 Å². The van der Waals surface area contributed by atoms with Crippen LogP contribution in [0.2, 0.25) is 0 Å². The van der Waals surface area contributed by atoms with Crippen LogP contribution in [0, 0.1) is 6.92 Å². The number of nitrogens with zero attached hydrogens (tertiary/aromatic N) is 4. The Hall–Kier alpha value is -2.47. The molecule has 2 aliphatic carbocycles. The van der Waals surface area contributed by atoms with Crippen molar-refractivity contribution in [1.29, 1.82) is 0 Å². The number of aryl methyl sites for hydroxylation is 1. The summed E-state index contributed by atoms with van der Waals surface area (Å²) < 4.78 is 0. The van der Waals surface area contributed by atoms with Gasteiger partial charge in [-0.1, -0.05) is 6.07 Å². The fourth-order valence-corrected chi connectivity index (χ4v) is 3.86. The minimum Gasteiger partial charge on any atom is -0.352 e. The number of imidazole rings is 1. The molecule has 0 aliphatic heterocycles. The Labute approximate surface area is 159 Å². The van der Waals surface area contributed by atoms with Crippen molar-refractivity contribution in [1.82, 2.24) is 19.9 Å². The van der Waals surface area contributed by atoms with Gasteiger partial charge in [0.2, 0.25) is 0 Å². The lowest BCUT2D eigenvalue weighted by Gasteiger charge is -2.32. The molecular formula is C21H26N6. The Morgan fingerprint density at radius 1 is 1.11 bits per heavy atom. The number of rotatable bonds is 5. The SMILES string of the molecule is Cc1ccc2nc(CN(C)c3cc(C4CC(N)C4)nc(C4CC4)n3)[nH]c2c1. The van der Waals surface area contributed by atoms with Gasteiger partial charge in [-0.3, -0.25) is 0 Å². The van der Waals surface area contributed by atoms with E-state index in [4.69, 9.17) is 20.7 Å². The van der Waals surface area contributed by atoms with E-state index in [1.165, 1.54) is 18.4 Å². The number of aromatic amines is 1.